The fourth-order valence-electron chi connectivity index (χ4n) is 3.58. The van der Waals surface area contributed by atoms with Crippen molar-refractivity contribution in [3.05, 3.63) is 40.7 Å². The van der Waals surface area contributed by atoms with Crippen LogP contribution in [0.4, 0.5) is 10.6 Å². The van der Waals surface area contributed by atoms with Gasteiger partial charge in [-0.3, -0.25) is 4.68 Å². The molecule has 8 nitrogen and oxygen atoms in total. The van der Waals surface area contributed by atoms with Gasteiger partial charge >= 0.3 is 6.09 Å². The monoisotopic (exact) mass is 383 g/mol. The van der Waals surface area contributed by atoms with Gasteiger partial charge in [0.25, 0.3) is 0 Å². The highest BCUT2D eigenvalue weighted by Gasteiger charge is 2.27. The van der Waals surface area contributed by atoms with E-state index in [1.54, 1.807) is 4.90 Å². The van der Waals surface area contributed by atoms with E-state index in [2.05, 4.69) is 11.2 Å². The van der Waals surface area contributed by atoms with Crippen LogP contribution in [0.15, 0.2) is 22.9 Å². The Hall–Kier alpha value is -3.03. The lowest BCUT2D eigenvalue weighted by Gasteiger charge is -2.29. The number of hydrogen-bond donors (Lipinski definition) is 1. The van der Waals surface area contributed by atoms with Crippen LogP contribution in [0.2, 0.25) is 0 Å². The molecule has 28 heavy (non-hydrogen) atoms. The van der Waals surface area contributed by atoms with Gasteiger partial charge in [-0.1, -0.05) is 11.2 Å². The van der Waals surface area contributed by atoms with Crippen molar-refractivity contribution in [3.8, 4) is 0 Å². The number of nitrogen functional groups attached to an aromatic ring is 1. The van der Waals surface area contributed by atoms with Crippen LogP contribution in [0, 0.1) is 6.92 Å². The third-order valence-corrected chi connectivity index (χ3v) is 4.76. The van der Waals surface area contributed by atoms with Crippen molar-refractivity contribution in [1.82, 2.24) is 19.8 Å². The van der Waals surface area contributed by atoms with Crippen molar-refractivity contribution in [2.24, 2.45) is 0 Å². The van der Waals surface area contributed by atoms with Crippen LogP contribution in [0.5, 0.6) is 0 Å². The van der Waals surface area contributed by atoms with Crippen LogP contribution in [-0.2, 0) is 24.2 Å². The van der Waals surface area contributed by atoms with E-state index in [1.165, 1.54) is 0 Å². The minimum atomic E-state index is -0.498. The predicted molar refractivity (Wildman–Crippen MR) is 105 cm³/mol. The Labute approximate surface area is 163 Å². The Morgan fingerprint density at radius 2 is 2.14 bits per heavy atom. The topological polar surface area (TPSA) is 99.4 Å². The van der Waals surface area contributed by atoms with E-state index in [0.29, 0.717) is 31.0 Å². The van der Waals surface area contributed by atoms with E-state index >= 15 is 0 Å². The molecule has 0 aliphatic carbocycles. The summed E-state index contributed by atoms with van der Waals surface area (Å²) in [7, 11) is 0. The number of aromatic nitrogens is 3. The number of carbonyl (C=O) groups is 1. The Morgan fingerprint density at radius 1 is 1.36 bits per heavy atom. The maximum absolute atomic E-state index is 12.3. The molecule has 1 aromatic carbocycles. The van der Waals surface area contributed by atoms with Gasteiger partial charge in [0.15, 0.2) is 11.4 Å². The molecule has 1 aliphatic rings. The molecule has 8 heteroatoms. The summed E-state index contributed by atoms with van der Waals surface area (Å²) in [6, 6.07) is 4.02. The molecule has 2 aromatic heterocycles. The SMILES string of the molecule is Cc1cc(Cn2cc3c(n2)CCN(C(=O)OC(C)(C)C)C3)cc2onc(N)c12. The fourth-order valence-corrected chi connectivity index (χ4v) is 3.58. The number of aryl methyl sites for hydroxylation is 1. The van der Waals surface area contributed by atoms with E-state index in [1.807, 2.05) is 44.6 Å². The zero-order chi connectivity index (χ0) is 20.1. The Morgan fingerprint density at radius 3 is 2.89 bits per heavy atom. The van der Waals surface area contributed by atoms with Crippen LogP contribution in [0.3, 0.4) is 0 Å². The number of rotatable bonds is 2. The number of nitrogens with zero attached hydrogens (tertiary/aromatic N) is 4. The molecule has 3 aromatic rings. The van der Waals surface area contributed by atoms with Gasteiger partial charge in [0.05, 0.1) is 24.2 Å². The minimum Gasteiger partial charge on any atom is -0.444 e. The van der Waals surface area contributed by atoms with Crippen LogP contribution in [0.25, 0.3) is 11.0 Å². The van der Waals surface area contributed by atoms with E-state index in [-0.39, 0.29) is 6.09 Å². The molecule has 0 unspecified atom stereocenters. The second-order valence-corrected chi connectivity index (χ2v) is 8.30. The highest BCUT2D eigenvalue weighted by Crippen LogP contribution is 2.26. The minimum absolute atomic E-state index is 0.283. The molecule has 4 rings (SSSR count). The molecule has 0 radical (unpaired) electrons. The Bertz CT molecular complexity index is 1040. The van der Waals surface area contributed by atoms with Crippen LogP contribution >= 0.6 is 0 Å². The smallest absolute Gasteiger partial charge is 0.410 e. The summed E-state index contributed by atoms with van der Waals surface area (Å²) >= 11 is 0. The van der Waals surface area contributed by atoms with Crippen molar-refractivity contribution >= 4 is 22.9 Å². The number of carbonyl (C=O) groups excluding carboxylic acids is 1. The average molecular weight is 383 g/mol. The summed E-state index contributed by atoms with van der Waals surface area (Å²) in [4.78, 5) is 14.1. The maximum atomic E-state index is 12.3. The fraction of sp³-hybridized carbons (Fsp3) is 0.450. The maximum Gasteiger partial charge on any atom is 0.410 e. The molecule has 3 heterocycles. The molecule has 0 atom stereocenters. The summed E-state index contributed by atoms with van der Waals surface area (Å²) < 4.78 is 12.7. The molecule has 148 valence electrons. The first-order valence-electron chi connectivity index (χ1n) is 9.37. The lowest BCUT2D eigenvalue weighted by molar-refractivity contribution is 0.0223. The molecular formula is C20H25N5O3. The molecule has 1 amide bonds. The van der Waals surface area contributed by atoms with E-state index < -0.39 is 5.60 Å². The predicted octanol–water partition coefficient (Wildman–Crippen LogP) is 3.26. The van der Waals surface area contributed by atoms with E-state index in [4.69, 9.17) is 20.1 Å². The van der Waals surface area contributed by atoms with Crippen molar-refractivity contribution in [1.29, 1.82) is 0 Å². The van der Waals surface area contributed by atoms with Gasteiger partial charge < -0.3 is 19.9 Å². The highest BCUT2D eigenvalue weighted by atomic mass is 16.6. The van der Waals surface area contributed by atoms with Crippen molar-refractivity contribution in [3.63, 3.8) is 0 Å². The van der Waals surface area contributed by atoms with Gasteiger partial charge in [-0.05, 0) is 44.9 Å². The van der Waals surface area contributed by atoms with Crippen LogP contribution in [-0.4, -0.2) is 38.1 Å². The van der Waals surface area contributed by atoms with Crippen molar-refractivity contribution in [2.75, 3.05) is 12.3 Å². The van der Waals surface area contributed by atoms with Gasteiger partial charge in [-0.25, -0.2) is 4.79 Å². The van der Waals surface area contributed by atoms with Crippen LogP contribution < -0.4 is 5.73 Å². The largest absolute Gasteiger partial charge is 0.444 e. The molecule has 0 fully saturated rings. The average Bonchev–Trinajstić information content (AvgIpc) is 3.15. The summed E-state index contributed by atoms with van der Waals surface area (Å²) in [6.07, 6.45) is 2.44. The van der Waals surface area contributed by atoms with Gasteiger partial charge in [-0.2, -0.15) is 5.10 Å². The molecule has 0 saturated heterocycles. The molecule has 0 bridgehead atoms. The Balaban J connectivity index is 1.51. The summed E-state index contributed by atoms with van der Waals surface area (Å²) in [6.45, 7) is 9.35. The number of hydrogen-bond acceptors (Lipinski definition) is 6. The number of amides is 1. The Kier molecular flexibility index (Phi) is 4.28. The molecule has 0 spiro atoms. The number of benzene rings is 1. The lowest BCUT2D eigenvalue weighted by Crippen LogP contribution is -2.39. The number of fused-ring (bicyclic) bond motifs is 2. The lowest BCUT2D eigenvalue weighted by atomic mass is 10.1. The van der Waals surface area contributed by atoms with E-state index in [9.17, 15) is 4.79 Å². The second-order valence-electron chi connectivity index (χ2n) is 8.30. The van der Waals surface area contributed by atoms with E-state index in [0.717, 1.165) is 34.2 Å². The van der Waals surface area contributed by atoms with Crippen molar-refractivity contribution in [2.45, 2.75) is 52.8 Å². The number of ether oxygens (including phenoxy) is 1. The normalized spacial score (nSPS) is 14.4. The van der Waals surface area contributed by atoms with Crippen LogP contribution in [0.1, 0.15) is 43.2 Å². The summed E-state index contributed by atoms with van der Waals surface area (Å²) in [5, 5.41) is 9.39. The van der Waals surface area contributed by atoms with Gasteiger partial charge in [0.2, 0.25) is 0 Å². The zero-order valence-electron chi connectivity index (χ0n) is 16.7. The highest BCUT2D eigenvalue weighted by molar-refractivity contribution is 5.90. The standard InChI is InChI=1S/C20H25N5O3/c1-12-7-13(8-16-17(12)18(21)23-28-16)9-25-11-14-10-24(6-5-15(14)22-25)19(26)27-20(2,3)4/h7-8,11H,5-6,9-10H2,1-4H3,(H2,21,23). The number of anilines is 1. The second kappa shape index (κ2) is 6.54. The van der Waals surface area contributed by atoms with Crippen molar-refractivity contribution < 1.29 is 14.1 Å². The molecule has 2 N–H and O–H groups in total. The van der Waals surface area contributed by atoms with Gasteiger partial charge in [0, 0.05) is 24.7 Å². The molecule has 0 saturated carbocycles. The molecule has 1 aliphatic heterocycles. The summed E-state index contributed by atoms with van der Waals surface area (Å²) in [5.74, 6) is 0.413. The summed E-state index contributed by atoms with van der Waals surface area (Å²) in [5.41, 5.74) is 10.2. The third-order valence-electron chi connectivity index (χ3n) is 4.76. The first kappa shape index (κ1) is 18.3. The van der Waals surface area contributed by atoms with Gasteiger partial charge in [-0.15, -0.1) is 0 Å². The number of nitrogens with two attached hydrogens (primary N) is 1. The third kappa shape index (κ3) is 3.54. The zero-order valence-corrected chi connectivity index (χ0v) is 16.7. The van der Waals surface area contributed by atoms with Gasteiger partial charge in [0.1, 0.15) is 5.60 Å². The first-order chi connectivity index (χ1) is 13.2. The quantitative estimate of drug-likeness (QED) is 0.729. The first-order valence-corrected chi connectivity index (χ1v) is 9.37. The molecular weight excluding hydrogens is 358 g/mol.